The van der Waals surface area contributed by atoms with E-state index in [1.807, 2.05) is 12.1 Å². The van der Waals surface area contributed by atoms with Gasteiger partial charge in [-0.15, -0.1) is 0 Å². The van der Waals surface area contributed by atoms with Crippen molar-refractivity contribution in [3.8, 4) is 17.6 Å². The largest absolute Gasteiger partial charge is 0.481 e. The van der Waals surface area contributed by atoms with Crippen LogP contribution in [-0.4, -0.2) is 24.5 Å². The standard InChI is InChI=1S/C20H21N3O3/c1-2-18(19(22)24)23-20(25)15-7-11-17(12-8-15)26-13-3-4-14-5-9-16(21)10-6-14/h5-12,18H,2,13,21H2,1H3,(H2,22,24)(H,23,25). The molecule has 26 heavy (non-hydrogen) atoms. The summed E-state index contributed by atoms with van der Waals surface area (Å²) < 4.78 is 5.52. The van der Waals surface area contributed by atoms with Gasteiger partial charge in [0.05, 0.1) is 0 Å². The summed E-state index contributed by atoms with van der Waals surface area (Å²) in [7, 11) is 0. The zero-order valence-electron chi connectivity index (χ0n) is 14.5. The molecule has 0 bridgehead atoms. The van der Waals surface area contributed by atoms with Crippen molar-refractivity contribution in [2.24, 2.45) is 5.73 Å². The molecule has 0 aliphatic carbocycles. The number of amides is 2. The maximum atomic E-state index is 12.1. The molecule has 0 aliphatic rings. The van der Waals surface area contributed by atoms with E-state index in [9.17, 15) is 9.59 Å². The fourth-order valence-corrected chi connectivity index (χ4v) is 2.14. The summed E-state index contributed by atoms with van der Waals surface area (Å²) in [5.74, 6) is 5.56. The van der Waals surface area contributed by atoms with E-state index in [0.717, 1.165) is 5.56 Å². The molecule has 6 heteroatoms. The smallest absolute Gasteiger partial charge is 0.251 e. The minimum Gasteiger partial charge on any atom is -0.481 e. The molecule has 6 nitrogen and oxygen atoms in total. The number of nitrogens with one attached hydrogen (secondary N) is 1. The van der Waals surface area contributed by atoms with Crippen molar-refractivity contribution >= 4 is 17.5 Å². The zero-order valence-corrected chi connectivity index (χ0v) is 14.5. The van der Waals surface area contributed by atoms with Crippen molar-refractivity contribution in [1.29, 1.82) is 0 Å². The van der Waals surface area contributed by atoms with Gasteiger partial charge in [0.2, 0.25) is 5.91 Å². The van der Waals surface area contributed by atoms with Crippen LogP contribution in [0.1, 0.15) is 29.3 Å². The maximum Gasteiger partial charge on any atom is 0.251 e. The van der Waals surface area contributed by atoms with Crippen LogP contribution in [0, 0.1) is 11.8 Å². The summed E-state index contributed by atoms with van der Waals surface area (Å²) in [5.41, 5.74) is 12.8. The lowest BCUT2D eigenvalue weighted by Crippen LogP contribution is -2.43. The van der Waals surface area contributed by atoms with Crippen LogP contribution in [0.2, 0.25) is 0 Å². The second-order valence-electron chi connectivity index (χ2n) is 5.57. The summed E-state index contributed by atoms with van der Waals surface area (Å²) in [5, 5.41) is 2.59. The first-order valence-corrected chi connectivity index (χ1v) is 8.17. The Morgan fingerprint density at radius 3 is 2.35 bits per heavy atom. The summed E-state index contributed by atoms with van der Waals surface area (Å²) in [4.78, 5) is 23.3. The highest BCUT2D eigenvalue weighted by molar-refractivity contribution is 5.97. The molecule has 0 radical (unpaired) electrons. The van der Waals surface area contributed by atoms with Crippen molar-refractivity contribution in [2.45, 2.75) is 19.4 Å². The van der Waals surface area contributed by atoms with Gasteiger partial charge in [0.1, 0.15) is 18.4 Å². The molecule has 2 aromatic rings. The van der Waals surface area contributed by atoms with Gasteiger partial charge >= 0.3 is 0 Å². The van der Waals surface area contributed by atoms with Gasteiger partial charge in [-0.25, -0.2) is 0 Å². The monoisotopic (exact) mass is 351 g/mol. The molecule has 2 amide bonds. The number of carbonyl (C=O) groups excluding carboxylic acids is 2. The number of hydrogen-bond acceptors (Lipinski definition) is 4. The van der Waals surface area contributed by atoms with Crippen molar-refractivity contribution in [3.63, 3.8) is 0 Å². The predicted octanol–water partition coefficient (Wildman–Crippen LogP) is 1.69. The van der Waals surface area contributed by atoms with Gasteiger partial charge in [-0.2, -0.15) is 0 Å². The lowest BCUT2D eigenvalue weighted by molar-refractivity contribution is -0.119. The summed E-state index contributed by atoms with van der Waals surface area (Å²) in [6.45, 7) is 1.99. The fraction of sp³-hybridized carbons (Fsp3) is 0.200. The highest BCUT2D eigenvalue weighted by Gasteiger charge is 2.16. The van der Waals surface area contributed by atoms with Crippen LogP contribution in [0.4, 0.5) is 5.69 Å². The number of hydrogen-bond donors (Lipinski definition) is 3. The van der Waals surface area contributed by atoms with Crippen LogP contribution < -0.4 is 21.5 Å². The van der Waals surface area contributed by atoms with Crippen molar-refractivity contribution in [1.82, 2.24) is 5.32 Å². The average molecular weight is 351 g/mol. The summed E-state index contributed by atoms with van der Waals surface area (Å²) in [6, 6.07) is 13.2. The Hall–Kier alpha value is -3.46. The Kier molecular flexibility index (Phi) is 6.63. The second-order valence-corrected chi connectivity index (χ2v) is 5.57. The van der Waals surface area contributed by atoms with Gasteiger partial charge in [-0.05, 0) is 55.0 Å². The van der Waals surface area contributed by atoms with Crippen molar-refractivity contribution < 1.29 is 14.3 Å². The van der Waals surface area contributed by atoms with Gasteiger partial charge in [-0.3, -0.25) is 9.59 Å². The quantitative estimate of drug-likeness (QED) is 0.544. The van der Waals surface area contributed by atoms with E-state index in [1.54, 1.807) is 43.3 Å². The van der Waals surface area contributed by atoms with Crippen LogP contribution in [0.3, 0.4) is 0 Å². The van der Waals surface area contributed by atoms with Crippen LogP contribution >= 0.6 is 0 Å². The molecular formula is C20H21N3O3. The Bertz CT molecular complexity index is 818. The Labute approximate surface area is 152 Å². The molecule has 0 saturated heterocycles. The summed E-state index contributed by atoms with van der Waals surface area (Å²) >= 11 is 0. The van der Waals surface area contributed by atoms with Crippen LogP contribution in [-0.2, 0) is 4.79 Å². The van der Waals surface area contributed by atoms with Gasteiger partial charge in [-0.1, -0.05) is 18.8 Å². The molecule has 1 unspecified atom stereocenters. The summed E-state index contributed by atoms with van der Waals surface area (Å²) in [6.07, 6.45) is 0.439. The van der Waals surface area contributed by atoms with E-state index in [4.69, 9.17) is 16.2 Å². The van der Waals surface area contributed by atoms with Crippen LogP contribution in [0.15, 0.2) is 48.5 Å². The molecule has 5 N–H and O–H groups in total. The predicted molar refractivity (Wildman–Crippen MR) is 100 cm³/mol. The third kappa shape index (κ3) is 5.56. The Morgan fingerprint density at radius 2 is 1.77 bits per heavy atom. The van der Waals surface area contributed by atoms with Gasteiger partial charge in [0, 0.05) is 16.8 Å². The molecule has 2 rings (SSSR count). The number of carbonyl (C=O) groups is 2. The SMILES string of the molecule is CCC(NC(=O)c1ccc(OCC#Cc2ccc(N)cc2)cc1)C(N)=O. The number of nitrogens with two attached hydrogens (primary N) is 2. The molecule has 0 spiro atoms. The van der Waals surface area contributed by atoms with Crippen molar-refractivity contribution in [3.05, 3.63) is 59.7 Å². The first-order valence-electron chi connectivity index (χ1n) is 8.17. The average Bonchev–Trinajstić information content (AvgIpc) is 2.64. The van der Waals surface area contributed by atoms with Crippen molar-refractivity contribution in [2.75, 3.05) is 12.3 Å². The molecule has 0 heterocycles. The highest BCUT2D eigenvalue weighted by atomic mass is 16.5. The number of ether oxygens (including phenoxy) is 1. The van der Waals surface area contributed by atoms with Crippen LogP contribution in [0.25, 0.3) is 0 Å². The van der Waals surface area contributed by atoms with Crippen LogP contribution in [0.5, 0.6) is 5.75 Å². The lowest BCUT2D eigenvalue weighted by Gasteiger charge is -2.13. The molecule has 0 aliphatic heterocycles. The third-order valence-electron chi connectivity index (χ3n) is 3.63. The second kappa shape index (κ2) is 9.14. The van der Waals surface area contributed by atoms with Gasteiger partial charge in [0.25, 0.3) is 5.91 Å². The first kappa shape index (κ1) is 18.9. The normalized spacial score (nSPS) is 11.0. The molecule has 134 valence electrons. The number of anilines is 1. The minimum atomic E-state index is -0.679. The first-order chi connectivity index (χ1) is 12.5. The minimum absolute atomic E-state index is 0.218. The Balaban J connectivity index is 1.88. The topological polar surface area (TPSA) is 107 Å². The van der Waals surface area contributed by atoms with Gasteiger partial charge < -0.3 is 21.5 Å². The highest BCUT2D eigenvalue weighted by Crippen LogP contribution is 2.12. The maximum absolute atomic E-state index is 12.1. The van der Waals surface area contributed by atoms with E-state index in [1.165, 1.54) is 0 Å². The number of nitrogen functional groups attached to an aromatic ring is 1. The molecular weight excluding hydrogens is 330 g/mol. The number of benzene rings is 2. The van der Waals surface area contributed by atoms with E-state index in [2.05, 4.69) is 17.2 Å². The van der Waals surface area contributed by atoms with Gasteiger partial charge in [0.15, 0.2) is 0 Å². The van der Waals surface area contributed by atoms with E-state index in [0.29, 0.717) is 23.4 Å². The molecule has 0 fully saturated rings. The Morgan fingerprint density at radius 1 is 1.12 bits per heavy atom. The number of rotatable bonds is 6. The third-order valence-corrected chi connectivity index (χ3v) is 3.63. The zero-order chi connectivity index (χ0) is 18.9. The van der Waals surface area contributed by atoms with E-state index < -0.39 is 11.9 Å². The molecule has 1 atom stereocenters. The van der Waals surface area contributed by atoms with E-state index in [-0.39, 0.29) is 12.5 Å². The molecule has 0 saturated carbocycles. The molecule has 0 aromatic heterocycles. The molecule has 2 aromatic carbocycles. The fourth-order valence-electron chi connectivity index (χ4n) is 2.14. The van der Waals surface area contributed by atoms with E-state index >= 15 is 0 Å². The number of primary amides is 1. The lowest BCUT2D eigenvalue weighted by atomic mass is 10.1.